The van der Waals surface area contributed by atoms with Crippen LogP contribution < -0.4 is 10.1 Å². The molecule has 0 atom stereocenters. The van der Waals surface area contributed by atoms with E-state index in [0.717, 1.165) is 10.4 Å². The molecule has 0 aliphatic carbocycles. The number of hydrogen-bond donors (Lipinski definition) is 1. The van der Waals surface area contributed by atoms with E-state index in [9.17, 15) is 19.7 Å². The van der Waals surface area contributed by atoms with Crippen molar-refractivity contribution in [3.63, 3.8) is 0 Å². The molecular formula is C25H24N4O6S. The second kappa shape index (κ2) is 11.0. The highest BCUT2D eigenvalue weighted by molar-refractivity contribution is 7.16. The minimum Gasteiger partial charge on any atom is -0.495 e. The van der Waals surface area contributed by atoms with E-state index in [-0.39, 0.29) is 18.2 Å². The normalized spacial score (nSPS) is 12.8. The van der Waals surface area contributed by atoms with Crippen molar-refractivity contribution in [1.82, 2.24) is 4.90 Å². The summed E-state index contributed by atoms with van der Waals surface area (Å²) in [6.45, 7) is 2.74. The third kappa shape index (κ3) is 5.36. The number of aliphatic imine (C=N–C) groups is 1. The number of carbonyl (C=O) groups excluding carboxylic acids is 2. The predicted molar refractivity (Wildman–Crippen MR) is 137 cm³/mol. The molecule has 3 aromatic rings. The molecule has 2 aromatic carbocycles. The van der Waals surface area contributed by atoms with Gasteiger partial charge in [0.1, 0.15) is 10.8 Å². The molecule has 0 saturated carbocycles. The van der Waals surface area contributed by atoms with Crippen LogP contribution in [0.15, 0.2) is 53.5 Å². The Kier molecular flexibility index (Phi) is 7.59. The standard InChI is InChI=1S/C25H24N4O6S/c1-3-35-25(31)28-12-11-18-21(15-28)36-24(26-14-16-7-6-8-17(13-16)29(32)33)22(18)23(30)27-19-9-4-5-10-20(19)34-2/h4-10,13-14H,3,11-12,15H2,1-2H3,(H,27,30)/b26-14+. The summed E-state index contributed by atoms with van der Waals surface area (Å²) in [7, 11) is 1.52. The number of carbonyl (C=O) groups is 2. The lowest BCUT2D eigenvalue weighted by atomic mass is 10.0. The van der Waals surface area contributed by atoms with Gasteiger partial charge < -0.3 is 19.7 Å². The first-order valence-corrected chi connectivity index (χ1v) is 12.0. The predicted octanol–water partition coefficient (Wildman–Crippen LogP) is 5.18. The van der Waals surface area contributed by atoms with E-state index in [1.165, 1.54) is 36.8 Å². The van der Waals surface area contributed by atoms with E-state index in [1.807, 2.05) is 0 Å². The first kappa shape index (κ1) is 24.9. The molecule has 11 heteroatoms. The van der Waals surface area contributed by atoms with Crippen LogP contribution in [-0.4, -0.2) is 48.3 Å². The van der Waals surface area contributed by atoms with Gasteiger partial charge in [-0.1, -0.05) is 24.3 Å². The molecule has 1 aliphatic heterocycles. The number of methoxy groups -OCH3 is 1. The second-order valence-corrected chi connectivity index (χ2v) is 8.90. The number of para-hydroxylation sites is 2. The number of nitro groups is 1. The smallest absolute Gasteiger partial charge is 0.410 e. The molecule has 0 unspecified atom stereocenters. The molecule has 0 spiro atoms. The lowest BCUT2D eigenvalue weighted by molar-refractivity contribution is -0.384. The van der Waals surface area contributed by atoms with Gasteiger partial charge in [0.05, 0.1) is 36.4 Å². The van der Waals surface area contributed by atoms with E-state index in [1.54, 1.807) is 48.2 Å². The molecule has 0 fully saturated rings. The highest BCUT2D eigenvalue weighted by atomic mass is 32.1. The Labute approximate surface area is 211 Å². The summed E-state index contributed by atoms with van der Waals surface area (Å²) in [4.78, 5) is 43.4. The number of thiophene rings is 1. The van der Waals surface area contributed by atoms with Crippen molar-refractivity contribution in [2.45, 2.75) is 19.9 Å². The maximum atomic E-state index is 13.5. The Hall–Kier alpha value is -4.25. The van der Waals surface area contributed by atoms with E-state index >= 15 is 0 Å². The summed E-state index contributed by atoms with van der Waals surface area (Å²) in [5.41, 5.74) is 2.22. The van der Waals surface area contributed by atoms with Crippen LogP contribution >= 0.6 is 11.3 Å². The first-order chi connectivity index (χ1) is 17.4. The Balaban J connectivity index is 1.70. The highest BCUT2D eigenvalue weighted by Crippen LogP contribution is 2.40. The summed E-state index contributed by atoms with van der Waals surface area (Å²) < 4.78 is 10.5. The average molecular weight is 509 g/mol. The molecule has 2 amide bonds. The molecule has 0 radical (unpaired) electrons. The van der Waals surface area contributed by atoms with Crippen LogP contribution in [0.5, 0.6) is 5.75 Å². The topological polar surface area (TPSA) is 123 Å². The number of hydrogen-bond acceptors (Lipinski definition) is 8. The van der Waals surface area contributed by atoms with E-state index in [2.05, 4.69) is 10.3 Å². The van der Waals surface area contributed by atoms with Crippen molar-refractivity contribution in [3.05, 3.63) is 80.2 Å². The summed E-state index contributed by atoms with van der Waals surface area (Å²) in [5, 5.41) is 14.5. The molecule has 4 rings (SSSR count). The van der Waals surface area contributed by atoms with Crippen molar-refractivity contribution in [3.8, 4) is 5.75 Å². The average Bonchev–Trinajstić information content (AvgIpc) is 3.25. The second-order valence-electron chi connectivity index (χ2n) is 7.82. The van der Waals surface area contributed by atoms with Gasteiger partial charge in [-0.2, -0.15) is 0 Å². The Bertz CT molecular complexity index is 1340. The van der Waals surface area contributed by atoms with Crippen LogP contribution in [0.3, 0.4) is 0 Å². The third-order valence-corrected chi connectivity index (χ3v) is 6.68. The van der Waals surface area contributed by atoms with Gasteiger partial charge in [0.25, 0.3) is 11.6 Å². The van der Waals surface area contributed by atoms with Crippen LogP contribution in [0, 0.1) is 10.1 Å². The van der Waals surface area contributed by atoms with Crippen LogP contribution in [0.25, 0.3) is 0 Å². The molecule has 0 bridgehead atoms. The van der Waals surface area contributed by atoms with E-state index in [4.69, 9.17) is 9.47 Å². The zero-order valence-electron chi connectivity index (χ0n) is 19.7. The maximum absolute atomic E-state index is 13.5. The minimum absolute atomic E-state index is 0.0522. The molecule has 36 heavy (non-hydrogen) atoms. The lowest BCUT2D eigenvalue weighted by Crippen LogP contribution is -2.36. The van der Waals surface area contributed by atoms with Crippen molar-refractivity contribution in [2.24, 2.45) is 4.99 Å². The number of rotatable bonds is 7. The van der Waals surface area contributed by atoms with Gasteiger partial charge in [0.2, 0.25) is 0 Å². The Morgan fingerprint density at radius 3 is 2.81 bits per heavy atom. The fraction of sp³-hybridized carbons (Fsp3) is 0.240. The number of fused-ring (bicyclic) bond motifs is 1. The molecule has 2 heterocycles. The van der Waals surface area contributed by atoms with Gasteiger partial charge in [0, 0.05) is 29.8 Å². The highest BCUT2D eigenvalue weighted by Gasteiger charge is 2.30. The number of nitrogens with one attached hydrogen (secondary N) is 1. The van der Waals surface area contributed by atoms with Crippen molar-refractivity contribution in [1.29, 1.82) is 0 Å². The van der Waals surface area contributed by atoms with Gasteiger partial charge in [-0.05, 0) is 36.6 Å². The quantitative estimate of drug-likeness (QED) is 0.266. The number of benzene rings is 2. The monoisotopic (exact) mass is 508 g/mol. The fourth-order valence-electron chi connectivity index (χ4n) is 3.87. The molecule has 10 nitrogen and oxygen atoms in total. The lowest BCUT2D eigenvalue weighted by Gasteiger charge is -2.26. The molecule has 1 aliphatic rings. The van der Waals surface area contributed by atoms with Crippen LogP contribution in [0.2, 0.25) is 0 Å². The van der Waals surface area contributed by atoms with Crippen molar-refractivity contribution >= 4 is 45.9 Å². The summed E-state index contributed by atoms with van der Waals surface area (Å²) in [6, 6.07) is 13.2. The number of anilines is 1. The van der Waals surface area contributed by atoms with Gasteiger partial charge in [0.15, 0.2) is 0 Å². The largest absolute Gasteiger partial charge is 0.495 e. The number of amides is 2. The zero-order valence-corrected chi connectivity index (χ0v) is 20.5. The number of ether oxygens (including phenoxy) is 2. The fourth-order valence-corrected chi connectivity index (χ4v) is 5.07. The SMILES string of the molecule is CCOC(=O)N1CCc2c(sc(/N=C/c3cccc([N+](=O)[O-])c3)c2C(=O)Nc2ccccc2OC)C1. The molecular weight excluding hydrogens is 484 g/mol. The molecule has 186 valence electrons. The van der Waals surface area contributed by atoms with Gasteiger partial charge in [-0.3, -0.25) is 14.9 Å². The number of non-ortho nitro benzene ring substituents is 1. The Morgan fingerprint density at radius 2 is 2.06 bits per heavy atom. The first-order valence-electron chi connectivity index (χ1n) is 11.2. The number of nitro benzene ring substituents is 1. The van der Waals surface area contributed by atoms with Crippen LogP contribution in [0.1, 0.15) is 33.3 Å². The maximum Gasteiger partial charge on any atom is 0.410 e. The van der Waals surface area contributed by atoms with Crippen molar-refractivity contribution in [2.75, 3.05) is 25.6 Å². The van der Waals surface area contributed by atoms with Crippen molar-refractivity contribution < 1.29 is 24.0 Å². The van der Waals surface area contributed by atoms with Crippen LogP contribution in [0.4, 0.5) is 21.2 Å². The minimum atomic E-state index is -0.475. The number of nitrogens with zero attached hydrogens (tertiary/aromatic N) is 3. The van der Waals surface area contributed by atoms with Gasteiger partial charge in [-0.15, -0.1) is 11.3 Å². The summed E-state index contributed by atoms with van der Waals surface area (Å²) in [5.74, 6) is 0.165. The van der Waals surface area contributed by atoms with E-state index < -0.39 is 11.0 Å². The third-order valence-electron chi connectivity index (χ3n) is 5.56. The van der Waals surface area contributed by atoms with Gasteiger partial charge >= 0.3 is 6.09 Å². The summed E-state index contributed by atoms with van der Waals surface area (Å²) in [6.07, 6.45) is 1.55. The van der Waals surface area contributed by atoms with E-state index in [0.29, 0.717) is 47.1 Å². The molecule has 1 aromatic heterocycles. The molecule has 0 saturated heterocycles. The zero-order chi connectivity index (χ0) is 25.7. The summed E-state index contributed by atoms with van der Waals surface area (Å²) >= 11 is 1.31. The Morgan fingerprint density at radius 1 is 1.25 bits per heavy atom. The van der Waals surface area contributed by atoms with Crippen LogP contribution in [-0.2, 0) is 17.7 Å². The van der Waals surface area contributed by atoms with Gasteiger partial charge in [-0.25, -0.2) is 9.79 Å². The molecule has 1 N–H and O–H groups in total.